The van der Waals surface area contributed by atoms with Crippen LogP contribution in [-0.4, -0.2) is 36.4 Å². The van der Waals surface area contributed by atoms with E-state index in [4.69, 9.17) is 4.74 Å². The summed E-state index contributed by atoms with van der Waals surface area (Å²) in [6.07, 6.45) is 0. The number of amides is 1. The van der Waals surface area contributed by atoms with Crippen LogP contribution in [0.1, 0.15) is 21.6 Å². The lowest BCUT2D eigenvalue weighted by Gasteiger charge is -2.08. The zero-order valence-electron chi connectivity index (χ0n) is 12.8. The number of carbonyl (C=O) groups is 1. The smallest absolute Gasteiger partial charge is 0.271 e. The molecule has 0 saturated carbocycles. The van der Waals surface area contributed by atoms with E-state index in [9.17, 15) is 4.79 Å². The summed E-state index contributed by atoms with van der Waals surface area (Å²) in [6, 6.07) is 11.5. The Labute approximate surface area is 129 Å². The van der Waals surface area contributed by atoms with Crippen LogP contribution in [0, 0.1) is 6.92 Å². The standard InChI is InChI=1S/C16H20N4O2/c1-12-5-3-4-6-13(12)11-18-15-8-7-14(19-20-15)16(21)17-9-10-22-2/h3-8H,9-11H2,1-2H3,(H,17,21)(H,18,20). The van der Waals surface area contributed by atoms with Crippen LogP contribution in [0.25, 0.3) is 0 Å². The van der Waals surface area contributed by atoms with Crippen LogP contribution in [0.3, 0.4) is 0 Å². The molecule has 0 bridgehead atoms. The number of aryl methyl sites for hydroxylation is 1. The Balaban J connectivity index is 1.89. The first-order chi connectivity index (χ1) is 10.7. The molecule has 0 spiro atoms. The van der Waals surface area contributed by atoms with Gasteiger partial charge >= 0.3 is 0 Å². The lowest BCUT2D eigenvalue weighted by atomic mass is 10.1. The van der Waals surface area contributed by atoms with Gasteiger partial charge in [0.05, 0.1) is 6.61 Å². The number of aromatic nitrogens is 2. The van der Waals surface area contributed by atoms with Gasteiger partial charge in [0.1, 0.15) is 5.82 Å². The number of nitrogens with one attached hydrogen (secondary N) is 2. The van der Waals surface area contributed by atoms with Crippen molar-refractivity contribution in [1.82, 2.24) is 15.5 Å². The number of carbonyl (C=O) groups excluding carboxylic acids is 1. The van der Waals surface area contributed by atoms with Gasteiger partial charge in [-0.05, 0) is 30.2 Å². The summed E-state index contributed by atoms with van der Waals surface area (Å²) in [6.45, 7) is 3.65. The predicted octanol–water partition coefficient (Wildman–Crippen LogP) is 1.77. The number of benzene rings is 1. The number of ether oxygens (including phenoxy) is 1. The fourth-order valence-electron chi connectivity index (χ4n) is 1.90. The highest BCUT2D eigenvalue weighted by atomic mass is 16.5. The Morgan fingerprint density at radius 1 is 1.18 bits per heavy atom. The van der Waals surface area contributed by atoms with Crippen LogP contribution >= 0.6 is 0 Å². The van der Waals surface area contributed by atoms with Crippen LogP contribution < -0.4 is 10.6 Å². The molecule has 6 heteroatoms. The molecule has 0 saturated heterocycles. The monoisotopic (exact) mass is 300 g/mol. The van der Waals surface area contributed by atoms with Crippen molar-refractivity contribution in [1.29, 1.82) is 0 Å². The Hall–Kier alpha value is -2.47. The first-order valence-corrected chi connectivity index (χ1v) is 7.10. The lowest BCUT2D eigenvalue weighted by Crippen LogP contribution is -2.27. The second-order valence-electron chi connectivity index (χ2n) is 4.83. The van der Waals surface area contributed by atoms with Gasteiger partial charge in [0.2, 0.25) is 0 Å². The summed E-state index contributed by atoms with van der Waals surface area (Å²) >= 11 is 0. The van der Waals surface area contributed by atoms with Gasteiger partial charge in [-0.25, -0.2) is 0 Å². The lowest BCUT2D eigenvalue weighted by molar-refractivity contribution is 0.0931. The second-order valence-corrected chi connectivity index (χ2v) is 4.83. The molecular formula is C16H20N4O2. The number of anilines is 1. The number of rotatable bonds is 7. The SMILES string of the molecule is COCCNC(=O)c1ccc(NCc2ccccc2C)nn1. The van der Waals surface area contributed by atoms with E-state index in [1.54, 1.807) is 19.2 Å². The van der Waals surface area contributed by atoms with E-state index < -0.39 is 0 Å². The van der Waals surface area contributed by atoms with Gasteiger partial charge < -0.3 is 15.4 Å². The Morgan fingerprint density at radius 2 is 2.00 bits per heavy atom. The summed E-state index contributed by atoms with van der Waals surface area (Å²) in [7, 11) is 1.58. The highest BCUT2D eigenvalue weighted by Crippen LogP contribution is 2.10. The predicted molar refractivity (Wildman–Crippen MR) is 84.7 cm³/mol. The van der Waals surface area contributed by atoms with Crippen LogP contribution in [0.15, 0.2) is 36.4 Å². The molecule has 1 heterocycles. The van der Waals surface area contributed by atoms with E-state index in [1.165, 1.54) is 11.1 Å². The molecular weight excluding hydrogens is 280 g/mol. The molecule has 0 aliphatic heterocycles. The maximum atomic E-state index is 11.8. The van der Waals surface area contributed by atoms with Crippen molar-refractivity contribution in [3.05, 3.63) is 53.2 Å². The Bertz CT molecular complexity index is 614. The van der Waals surface area contributed by atoms with Gasteiger partial charge in [0.25, 0.3) is 5.91 Å². The van der Waals surface area contributed by atoms with E-state index in [2.05, 4.69) is 39.9 Å². The third-order valence-corrected chi connectivity index (χ3v) is 3.21. The summed E-state index contributed by atoms with van der Waals surface area (Å²) in [4.78, 5) is 11.8. The highest BCUT2D eigenvalue weighted by Gasteiger charge is 2.07. The summed E-state index contributed by atoms with van der Waals surface area (Å²) in [5.41, 5.74) is 2.71. The fraction of sp³-hybridized carbons (Fsp3) is 0.312. The normalized spacial score (nSPS) is 10.3. The molecule has 0 unspecified atom stereocenters. The minimum Gasteiger partial charge on any atom is -0.383 e. The molecule has 0 aliphatic rings. The molecule has 0 fully saturated rings. The maximum Gasteiger partial charge on any atom is 0.271 e. The van der Waals surface area contributed by atoms with E-state index in [-0.39, 0.29) is 11.6 Å². The largest absolute Gasteiger partial charge is 0.383 e. The quantitative estimate of drug-likeness (QED) is 0.762. The van der Waals surface area contributed by atoms with Crippen LogP contribution in [0.4, 0.5) is 5.82 Å². The molecule has 1 amide bonds. The van der Waals surface area contributed by atoms with Crippen LogP contribution in [0.5, 0.6) is 0 Å². The first kappa shape index (κ1) is 15.9. The van der Waals surface area contributed by atoms with Gasteiger partial charge in [0.15, 0.2) is 5.69 Å². The third kappa shape index (κ3) is 4.53. The molecule has 2 aromatic rings. The second kappa shape index (κ2) is 8.09. The van der Waals surface area contributed by atoms with Crippen molar-refractivity contribution in [2.75, 3.05) is 25.6 Å². The van der Waals surface area contributed by atoms with E-state index in [1.807, 2.05) is 12.1 Å². The molecule has 1 aromatic heterocycles. The summed E-state index contributed by atoms with van der Waals surface area (Å²) in [5.74, 6) is 0.381. The minimum absolute atomic E-state index is 0.255. The molecule has 6 nitrogen and oxygen atoms in total. The molecule has 22 heavy (non-hydrogen) atoms. The highest BCUT2D eigenvalue weighted by molar-refractivity contribution is 5.92. The maximum absolute atomic E-state index is 11.8. The minimum atomic E-state index is -0.255. The number of hydrogen-bond acceptors (Lipinski definition) is 5. The number of methoxy groups -OCH3 is 1. The summed E-state index contributed by atoms with van der Waals surface area (Å²) in [5, 5.41) is 13.8. The number of nitrogens with zero attached hydrogens (tertiary/aromatic N) is 2. The molecule has 2 rings (SSSR count). The van der Waals surface area contributed by atoms with Gasteiger partial charge in [-0.2, -0.15) is 0 Å². The van der Waals surface area contributed by atoms with E-state index in [0.29, 0.717) is 25.5 Å². The van der Waals surface area contributed by atoms with Crippen molar-refractivity contribution in [3.8, 4) is 0 Å². The van der Waals surface area contributed by atoms with Crippen LogP contribution in [-0.2, 0) is 11.3 Å². The summed E-state index contributed by atoms with van der Waals surface area (Å²) < 4.78 is 4.87. The molecule has 0 aliphatic carbocycles. The van der Waals surface area contributed by atoms with Crippen molar-refractivity contribution in [2.24, 2.45) is 0 Å². The average Bonchev–Trinajstić information content (AvgIpc) is 2.55. The van der Waals surface area contributed by atoms with Crippen molar-refractivity contribution < 1.29 is 9.53 Å². The zero-order valence-corrected chi connectivity index (χ0v) is 12.8. The van der Waals surface area contributed by atoms with Gasteiger partial charge in [-0.15, -0.1) is 10.2 Å². The topological polar surface area (TPSA) is 76.1 Å². The van der Waals surface area contributed by atoms with Crippen molar-refractivity contribution in [3.63, 3.8) is 0 Å². The molecule has 0 atom stereocenters. The van der Waals surface area contributed by atoms with Crippen molar-refractivity contribution >= 4 is 11.7 Å². The van der Waals surface area contributed by atoms with Gasteiger partial charge in [0, 0.05) is 20.2 Å². The van der Waals surface area contributed by atoms with Crippen molar-refractivity contribution in [2.45, 2.75) is 13.5 Å². The van der Waals surface area contributed by atoms with Crippen LogP contribution in [0.2, 0.25) is 0 Å². The first-order valence-electron chi connectivity index (χ1n) is 7.10. The molecule has 2 N–H and O–H groups in total. The third-order valence-electron chi connectivity index (χ3n) is 3.21. The Morgan fingerprint density at radius 3 is 2.68 bits per heavy atom. The molecule has 0 radical (unpaired) electrons. The molecule has 1 aromatic carbocycles. The average molecular weight is 300 g/mol. The van der Waals surface area contributed by atoms with Gasteiger partial charge in [-0.1, -0.05) is 24.3 Å². The van der Waals surface area contributed by atoms with E-state index in [0.717, 1.165) is 0 Å². The Kier molecular flexibility index (Phi) is 5.85. The zero-order chi connectivity index (χ0) is 15.8. The van der Waals surface area contributed by atoms with Gasteiger partial charge in [-0.3, -0.25) is 4.79 Å². The fourth-order valence-corrected chi connectivity index (χ4v) is 1.90. The van der Waals surface area contributed by atoms with E-state index >= 15 is 0 Å². The number of hydrogen-bond donors (Lipinski definition) is 2. The molecule has 116 valence electrons.